The molecule has 1 aliphatic rings. The van der Waals surface area contributed by atoms with Crippen LogP contribution in [0.25, 0.3) is 0 Å². The van der Waals surface area contributed by atoms with Crippen molar-refractivity contribution in [3.63, 3.8) is 0 Å². The van der Waals surface area contributed by atoms with E-state index in [2.05, 4.69) is 0 Å². The third kappa shape index (κ3) is 4.42. The van der Waals surface area contributed by atoms with Gasteiger partial charge in [0, 0.05) is 5.69 Å². The number of phenols is 1. The van der Waals surface area contributed by atoms with E-state index in [0.717, 1.165) is 17.0 Å². The van der Waals surface area contributed by atoms with Gasteiger partial charge in [-0.15, -0.1) is 0 Å². The number of ether oxygens (including phenoxy) is 2. The molecule has 0 unspecified atom stereocenters. The minimum absolute atomic E-state index is 0.0106. The number of anilines is 1. The van der Waals surface area contributed by atoms with Crippen LogP contribution in [0.2, 0.25) is 0 Å². The number of cyclic esters (lactones) is 1. The number of benzene rings is 3. The molecule has 1 N–H and O–H groups in total. The molecule has 1 aliphatic heterocycles. The van der Waals surface area contributed by atoms with Crippen molar-refractivity contribution in [2.75, 3.05) is 11.5 Å². The molecule has 1 amide bonds. The van der Waals surface area contributed by atoms with Crippen molar-refractivity contribution in [3.05, 3.63) is 90.0 Å². The molecular formula is C23H18F3NO4. The van der Waals surface area contributed by atoms with Crippen LogP contribution in [0, 0.1) is 11.6 Å². The molecule has 0 spiro atoms. The number of phenolic OH excluding ortho intramolecular Hbond substituents is 1. The molecule has 5 nitrogen and oxygen atoms in total. The summed E-state index contributed by atoms with van der Waals surface area (Å²) in [6.45, 7) is -0.431. The molecule has 0 radical (unpaired) electrons. The van der Waals surface area contributed by atoms with Gasteiger partial charge in [0.25, 0.3) is 0 Å². The van der Waals surface area contributed by atoms with Crippen molar-refractivity contribution in [1.29, 1.82) is 0 Å². The van der Waals surface area contributed by atoms with Crippen molar-refractivity contribution in [3.8, 4) is 11.5 Å². The Hall–Kier alpha value is -3.68. The van der Waals surface area contributed by atoms with Crippen molar-refractivity contribution in [2.24, 2.45) is 0 Å². The fourth-order valence-electron chi connectivity index (χ4n) is 3.46. The van der Waals surface area contributed by atoms with Gasteiger partial charge in [-0.1, -0.05) is 12.1 Å². The molecular weight excluding hydrogens is 411 g/mol. The van der Waals surface area contributed by atoms with E-state index in [-0.39, 0.29) is 17.2 Å². The van der Waals surface area contributed by atoms with Gasteiger partial charge in [-0.2, -0.15) is 0 Å². The maximum Gasteiger partial charge on any atom is 0.415 e. The lowest BCUT2D eigenvalue weighted by atomic mass is 9.97. The van der Waals surface area contributed by atoms with Crippen LogP contribution in [0.4, 0.5) is 23.7 Å². The van der Waals surface area contributed by atoms with Gasteiger partial charge in [-0.3, -0.25) is 4.90 Å². The minimum Gasteiger partial charge on any atom is -0.508 e. The second kappa shape index (κ2) is 8.59. The van der Waals surface area contributed by atoms with Gasteiger partial charge < -0.3 is 14.6 Å². The summed E-state index contributed by atoms with van der Waals surface area (Å²) >= 11 is 0. The van der Waals surface area contributed by atoms with Gasteiger partial charge in [0.05, 0.1) is 0 Å². The smallest absolute Gasteiger partial charge is 0.415 e. The molecule has 3 aromatic rings. The number of hydrogen-bond acceptors (Lipinski definition) is 4. The molecule has 4 rings (SSSR count). The molecule has 3 atom stereocenters. The number of aromatic hydroxyl groups is 1. The Kier molecular flexibility index (Phi) is 5.70. The van der Waals surface area contributed by atoms with E-state index < -0.39 is 42.7 Å². The number of carbonyl (C=O) groups excluding carboxylic acids is 1. The molecule has 8 heteroatoms. The summed E-state index contributed by atoms with van der Waals surface area (Å²) < 4.78 is 52.8. The average molecular weight is 429 g/mol. The quantitative estimate of drug-likeness (QED) is 0.589. The number of amides is 1. The van der Waals surface area contributed by atoms with Crippen molar-refractivity contribution < 1.29 is 32.5 Å². The minimum atomic E-state index is -1.71. The summed E-state index contributed by atoms with van der Waals surface area (Å²) in [5.41, 5.74) is 0.743. The van der Waals surface area contributed by atoms with Crippen molar-refractivity contribution in [1.82, 2.24) is 0 Å². The summed E-state index contributed by atoms with van der Waals surface area (Å²) in [4.78, 5) is 13.8. The van der Waals surface area contributed by atoms with Crippen LogP contribution in [0.5, 0.6) is 11.5 Å². The van der Waals surface area contributed by atoms with Gasteiger partial charge in [0.15, 0.2) is 12.3 Å². The van der Waals surface area contributed by atoms with Crippen LogP contribution in [0.15, 0.2) is 72.8 Å². The van der Waals surface area contributed by atoms with Crippen molar-refractivity contribution >= 4 is 11.8 Å². The third-order valence-electron chi connectivity index (χ3n) is 4.95. The maximum atomic E-state index is 15.5. The highest BCUT2D eigenvalue weighted by atomic mass is 19.1. The average Bonchev–Trinajstić information content (AvgIpc) is 3.11. The Morgan fingerprint density at radius 1 is 0.935 bits per heavy atom. The summed E-state index contributed by atoms with van der Waals surface area (Å²) in [6, 6.07) is 14.9. The summed E-state index contributed by atoms with van der Waals surface area (Å²) in [5.74, 6) is -0.673. The van der Waals surface area contributed by atoms with E-state index in [0.29, 0.717) is 5.56 Å². The predicted octanol–water partition coefficient (Wildman–Crippen LogP) is 5.15. The molecule has 1 fully saturated rings. The molecule has 0 saturated carbocycles. The fourth-order valence-corrected chi connectivity index (χ4v) is 3.46. The first kappa shape index (κ1) is 20.6. The Morgan fingerprint density at radius 2 is 1.52 bits per heavy atom. The largest absolute Gasteiger partial charge is 0.508 e. The highest BCUT2D eigenvalue weighted by Gasteiger charge is 2.48. The fraction of sp³-hybridized carbons (Fsp3) is 0.174. The van der Waals surface area contributed by atoms with E-state index in [4.69, 9.17) is 9.47 Å². The second-order valence-electron chi connectivity index (χ2n) is 7.01. The molecule has 0 aromatic heterocycles. The van der Waals surface area contributed by atoms with Crippen LogP contribution in [0.1, 0.15) is 11.7 Å². The highest BCUT2D eigenvalue weighted by molar-refractivity contribution is 5.91. The zero-order valence-corrected chi connectivity index (χ0v) is 16.1. The molecule has 3 aromatic carbocycles. The van der Waals surface area contributed by atoms with E-state index in [1.165, 1.54) is 60.7 Å². The Morgan fingerprint density at radius 3 is 2.13 bits per heavy atom. The van der Waals surface area contributed by atoms with Crippen LogP contribution >= 0.6 is 0 Å². The molecule has 31 heavy (non-hydrogen) atoms. The highest BCUT2D eigenvalue weighted by Crippen LogP contribution is 2.39. The monoisotopic (exact) mass is 429 g/mol. The van der Waals surface area contributed by atoms with E-state index in [9.17, 15) is 18.7 Å². The van der Waals surface area contributed by atoms with E-state index in [1.807, 2.05) is 0 Å². The zero-order valence-electron chi connectivity index (χ0n) is 16.1. The number of alkyl halides is 1. The van der Waals surface area contributed by atoms with Crippen LogP contribution in [-0.4, -0.2) is 30.0 Å². The lowest BCUT2D eigenvalue weighted by Crippen LogP contribution is -2.43. The Bertz CT molecular complexity index is 1040. The number of carbonyl (C=O) groups is 1. The molecule has 0 aliphatic carbocycles. The summed E-state index contributed by atoms with van der Waals surface area (Å²) in [7, 11) is 0. The predicted molar refractivity (Wildman–Crippen MR) is 107 cm³/mol. The lowest BCUT2D eigenvalue weighted by molar-refractivity contribution is 0.0975. The lowest BCUT2D eigenvalue weighted by Gasteiger charge is -2.27. The van der Waals surface area contributed by atoms with Gasteiger partial charge in [0.1, 0.15) is 35.8 Å². The number of nitrogens with zero attached hydrogens (tertiary/aromatic N) is 1. The van der Waals surface area contributed by atoms with Gasteiger partial charge >= 0.3 is 6.09 Å². The van der Waals surface area contributed by atoms with E-state index in [1.54, 1.807) is 0 Å². The maximum absolute atomic E-state index is 15.5. The summed E-state index contributed by atoms with van der Waals surface area (Å²) in [5, 5.41) is 9.54. The normalized spacial score (nSPS) is 19.2. The van der Waals surface area contributed by atoms with Gasteiger partial charge in [-0.25, -0.2) is 18.0 Å². The SMILES string of the molecule is O=C1O[C@@H](c2ccc(O)cc2)[C@H]([C@H](F)COc2ccc(F)cc2)N1c1ccc(F)cc1. The number of hydrogen-bond donors (Lipinski definition) is 1. The Labute approximate surface area is 176 Å². The number of halogens is 3. The van der Waals surface area contributed by atoms with Crippen molar-refractivity contribution in [2.45, 2.75) is 18.3 Å². The first-order valence-electron chi connectivity index (χ1n) is 9.49. The van der Waals surface area contributed by atoms with Gasteiger partial charge in [-0.05, 0) is 66.2 Å². The van der Waals surface area contributed by atoms with Gasteiger partial charge in [0.2, 0.25) is 0 Å². The first-order valence-corrected chi connectivity index (χ1v) is 9.49. The second-order valence-corrected chi connectivity index (χ2v) is 7.01. The number of rotatable bonds is 6. The molecule has 1 saturated heterocycles. The zero-order chi connectivity index (χ0) is 22.0. The van der Waals surface area contributed by atoms with E-state index >= 15 is 4.39 Å². The molecule has 0 bridgehead atoms. The first-order chi connectivity index (χ1) is 14.9. The third-order valence-corrected chi connectivity index (χ3v) is 4.95. The Balaban J connectivity index is 1.63. The molecule has 1 heterocycles. The van der Waals surface area contributed by atoms with Crippen LogP contribution in [-0.2, 0) is 4.74 Å². The molecule has 160 valence electrons. The standard InChI is InChI=1S/C23H18F3NO4/c24-15-3-7-17(8-4-15)27-21(20(26)13-30-19-11-5-16(25)6-12-19)22(31-23(27)29)14-1-9-18(28)10-2-14/h1-12,20-22,28H,13H2/t20-,21+,22+/m1/s1. The van der Waals surface area contributed by atoms with Crippen LogP contribution < -0.4 is 9.64 Å². The topological polar surface area (TPSA) is 59.0 Å². The summed E-state index contributed by atoms with van der Waals surface area (Å²) in [6.07, 6.45) is -3.50. The van der Waals surface area contributed by atoms with Crippen LogP contribution in [0.3, 0.4) is 0 Å².